The van der Waals surface area contributed by atoms with Crippen molar-refractivity contribution in [3.8, 4) is 0 Å². The maximum atomic E-state index is 12.3. The van der Waals surface area contributed by atoms with Crippen LogP contribution in [-0.2, 0) is 11.2 Å². The zero-order valence-electron chi connectivity index (χ0n) is 13.4. The molecule has 1 fully saturated rings. The molecule has 0 aliphatic carbocycles. The molecule has 0 aromatic carbocycles. The van der Waals surface area contributed by atoms with Gasteiger partial charge in [0.1, 0.15) is 18.3 Å². The van der Waals surface area contributed by atoms with Gasteiger partial charge in [0.2, 0.25) is 5.91 Å². The molecule has 0 spiro atoms. The molecule has 1 aromatic heterocycles. The van der Waals surface area contributed by atoms with Crippen LogP contribution in [0.3, 0.4) is 0 Å². The Morgan fingerprint density at radius 1 is 1.42 bits per heavy atom. The monoisotopic (exact) mass is 348 g/mol. The molecule has 3 amide bonds. The number of hydrogen-bond donors (Lipinski definition) is 2. The quantitative estimate of drug-likeness (QED) is 0.840. The fourth-order valence-corrected chi connectivity index (χ4v) is 2.62. The van der Waals surface area contributed by atoms with Gasteiger partial charge in [-0.05, 0) is 26.7 Å². The number of nitrogens with zero attached hydrogens (tertiary/aromatic N) is 2. The van der Waals surface area contributed by atoms with Crippen LogP contribution in [0.15, 0.2) is 4.52 Å². The van der Waals surface area contributed by atoms with Crippen molar-refractivity contribution in [1.82, 2.24) is 20.7 Å². The maximum absolute atomic E-state index is 12.3. The van der Waals surface area contributed by atoms with Gasteiger partial charge in [-0.1, -0.05) is 5.16 Å². The predicted octanol–water partition coefficient (Wildman–Crippen LogP) is 1.30. The molecular weight excluding hydrogens is 329 g/mol. The number of aryl methyl sites for hydroxylation is 2. The van der Waals surface area contributed by atoms with Gasteiger partial charge < -0.3 is 20.1 Å². The number of hydrogen-bond acceptors (Lipinski definition) is 4. The van der Waals surface area contributed by atoms with Gasteiger partial charge in [0, 0.05) is 18.7 Å². The van der Waals surface area contributed by atoms with E-state index in [1.54, 1.807) is 13.8 Å². The van der Waals surface area contributed by atoms with Gasteiger partial charge >= 0.3 is 12.2 Å². The molecule has 1 aliphatic heterocycles. The molecule has 2 N–H and O–H groups in total. The van der Waals surface area contributed by atoms with E-state index in [9.17, 15) is 22.8 Å². The van der Waals surface area contributed by atoms with Crippen LogP contribution < -0.4 is 10.6 Å². The number of nitrogens with one attached hydrogen (secondary N) is 2. The topological polar surface area (TPSA) is 87.5 Å². The van der Waals surface area contributed by atoms with Gasteiger partial charge in [-0.15, -0.1) is 0 Å². The molecular formula is C14H19F3N4O3. The second kappa shape index (κ2) is 7.10. The van der Waals surface area contributed by atoms with Crippen molar-refractivity contribution in [3.63, 3.8) is 0 Å². The first-order valence-electron chi connectivity index (χ1n) is 7.49. The summed E-state index contributed by atoms with van der Waals surface area (Å²) in [5.74, 6) is -0.0448. The molecule has 0 bridgehead atoms. The third-order valence-electron chi connectivity index (χ3n) is 3.81. The molecule has 1 atom stereocenters. The number of rotatable bonds is 5. The average molecular weight is 348 g/mol. The lowest BCUT2D eigenvalue weighted by Crippen LogP contribution is -2.47. The molecule has 1 saturated heterocycles. The zero-order valence-corrected chi connectivity index (χ0v) is 13.4. The number of carbonyl (C=O) groups is 2. The molecule has 2 rings (SSSR count). The molecule has 10 heteroatoms. The van der Waals surface area contributed by atoms with Gasteiger partial charge in [0.25, 0.3) is 0 Å². The highest BCUT2D eigenvalue weighted by molar-refractivity contribution is 5.88. The highest BCUT2D eigenvalue weighted by atomic mass is 19.4. The summed E-state index contributed by atoms with van der Waals surface area (Å²) in [5, 5.41) is 8.78. The predicted molar refractivity (Wildman–Crippen MR) is 77.3 cm³/mol. The average Bonchev–Trinajstić information content (AvgIpc) is 2.96. The Balaban J connectivity index is 1.76. The lowest BCUT2D eigenvalue weighted by atomic mass is 10.1. The number of halogens is 3. The number of alkyl halides is 3. The zero-order chi connectivity index (χ0) is 17.9. The number of amides is 3. The van der Waals surface area contributed by atoms with Gasteiger partial charge in [-0.3, -0.25) is 4.79 Å². The number of urea groups is 1. The normalized spacial score (nSPS) is 18.1. The largest absolute Gasteiger partial charge is 0.406 e. The number of carbonyl (C=O) groups excluding carboxylic acids is 2. The van der Waals surface area contributed by atoms with E-state index in [2.05, 4.69) is 15.8 Å². The van der Waals surface area contributed by atoms with E-state index >= 15 is 0 Å². The summed E-state index contributed by atoms with van der Waals surface area (Å²) in [5.41, 5.74) is 1.63. The molecule has 24 heavy (non-hydrogen) atoms. The summed E-state index contributed by atoms with van der Waals surface area (Å²) < 4.78 is 42.0. The minimum atomic E-state index is -4.44. The first kappa shape index (κ1) is 18.1. The molecule has 0 radical (unpaired) electrons. The Bertz CT molecular complexity index is 595. The molecule has 7 nitrogen and oxygen atoms in total. The van der Waals surface area contributed by atoms with Crippen LogP contribution in [0.1, 0.15) is 23.4 Å². The smallest absolute Gasteiger partial charge is 0.361 e. The van der Waals surface area contributed by atoms with E-state index in [0.29, 0.717) is 23.6 Å². The first-order chi connectivity index (χ1) is 11.2. The minimum absolute atomic E-state index is 0.0254. The Kier molecular flexibility index (Phi) is 5.35. The van der Waals surface area contributed by atoms with E-state index in [1.807, 2.05) is 0 Å². The van der Waals surface area contributed by atoms with Gasteiger partial charge in [-0.2, -0.15) is 13.2 Å². The van der Waals surface area contributed by atoms with Crippen LogP contribution in [0.5, 0.6) is 0 Å². The summed E-state index contributed by atoms with van der Waals surface area (Å²) >= 11 is 0. The number of likely N-dealkylation sites (tertiary alicyclic amines) is 1. The van der Waals surface area contributed by atoms with Crippen molar-refractivity contribution < 1.29 is 27.3 Å². The maximum Gasteiger partial charge on any atom is 0.406 e. The van der Waals surface area contributed by atoms with Gasteiger partial charge in [0.15, 0.2) is 0 Å². The molecule has 0 saturated carbocycles. The van der Waals surface area contributed by atoms with Crippen LogP contribution in [0.25, 0.3) is 0 Å². The Morgan fingerprint density at radius 2 is 2.12 bits per heavy atom. The summed E-state index contributed by atoms with van der Waals surface area (Å²) in [4.78, 5) is 24.3. The molecule has 2 heterocycles. The number of aromatic nitrogens is 1. The molecule has 134 valence electrons. The third kappa shape index (κ3) is 4.62. The van der Waals surface area contributed by atoms with E-state index in [0.717, 1.165) is 11.3 Å². The van der Waals surface area contributed by atoms with Crippen molar-refractivity contribution in [2.45, 2.75) is 38.9 Å². The van der Waals surface area contributed by atoms with E-state index in [-0.39, 0.29) is 13.0 Å². The van der Waals surface area contributed by atoms with E-state index < -0.39 is 30.7 Å². The van der Waals surface area contributed by atoms with Crippen molar-refractivity contribution in [2.24, 2.45) is 0 Å². The van der Waals surface area contributed by atoms with E-state index in [1.165, 1.54) is 0 Å². The fourth-order valence-electron chi connectivity index (χ4n) is 2.62. The summed E-state index contributed by atoms with van der Waals surface area (Å²) in [7, 11) is 0. The minimum Gasteiger partial charge on any atom is -0.361 e. The third-order valence-corrected chi connectivity index (χ3v) is 3.81. The molecule has 1 aliphatic rings. The van der Waals surface area contributed by atoms with Crippen LogP contribution in [0, 0.1) is 13.8 Å². The lowest BCUT2D eigenvalue weighted by Gasteiger charge is -2.18. The van der Waals surface area contributed by atoms with Gasteiger partial charge in [-0.25, -0.2) is 4.79 Å². The first-order valence-corrected chi connectivity index (χ1v) is 7.49. The highest BCUT2D eigenvalue weighted by Gasteiger charge is 2.39. The Hall–Kier alpha value is -2.26. The highest BCUT2D eigenvalue weighted by Crippen LogP contribution is 2.20. The summed E-state index contributed by atoms with van der Waals surface area (Å²) in [6.45, 7) is 2.53. The van der Waals surface area contributed by atoms with Crippen LogP contribution in [0.4, 0.5) is 18.0 Å². The second-order valence-corrected chi connectivity index (χ2v) is 5.67. The second-order valence-electron chi connectivity index (χ2n) is 5.67. The van der Waals surface area contributed by atoms with E-state index in [4.69, 9.17) is 4.52 Å². The fraction of sp³-hybridized carbons (Fsp3) is 0.643. The van der Waals surface area contributed by atoms with Crippen molar-refractivity contribution >= 4 is 11.9 Å². The van der Waals surface area contributed by atoms with Gasteiger partial charge in [0.05, 0.1) is 5.69 Å². The van der Waals surface area contributed by atoms with Crippen LogP contribution >= 0.6 is 0 Å². The summed E-state index contributed by atoms with van der Waals surface area (Å²) in [6, 6.07) is -1.51. The Morgan fingerprint density at radius 3 is 2.71 bits per heavy atom. The van der Waals surface area contributed by atoms with Crippen molar-refractivity contribution in [1.29, 1.82) is 0 Å². The standard InChI is InChI=1S/C14H19F3N4O3/c1-8-10(9(2)24-20-8)3-5-18-13(23)19-11-4-6-21(12(11)22)7-14(15,16)17/h11H,3-7H2,1-2H3,(H2,18,19,23)/t11-/m0/s1. The molecule has 1 aromatic rings. The van der Waals surface area contributed by atoms with Crippen LogP contribution in [0.2, 0.25) is 0 Å². The lowest BCUT2D eigenvalue weighted by molar-refractivity contribution is -0.157. The SMILES string of the molecule is Cc1noc(C)c1CCNC(=O)N[C@H]1CCN(CC(F)(F)F)C1=O. The van der Waals surface area contributed by atoms with Crippen molar-refractivity contribution in [2.75, 3.05) is 19.6 Å². The van der Waals surface area contributed by atoms with Crippen molar-refractivity contribution in [3.05, 3.63) is 17.0 Å². The Labute approximate surface area is 136 Å². The molecule has 0 unspecified atom stereocenters. The summed E-state index contributed by atoms with van der Waals surface area (Å²) in [6.07, 6.45) is -3.78. The van der Waals surface area contributed by atoms with Crippen LogP contribution in [-0.4, -0.2) is 53.8 Å².